The average molecular weight is 486 g/mol. The first-order chi connectivity index (χ1) is 17.5. The predicted octanol–water partition coefficient (Wildman–Crippen LogP) is 4.25. The molecule has 1 saturated heterocycles. The summed E-state index contributed by atoms with van der Waals surface area (Å²) in [6.07, 6.45) is 4.90. The molecule has 2 heterocycles. The van der Waals surface area contributed by atoms with Crippen LogP contribution in [0.5, 0.6) is 5.75 Å². The van der Waals surface area contributed by atoms with E-state index in [0.717, 1.165) is 42.3 Å². The zero-order valence-electron chi connectivity index (χ0n) is 21.4. The number of piperazine rings is 1. The second-order valence-electron chi connectivity index (χ2n) is 9.17. The highest BCUT2D eigenvalue weighted by Crippen LogP contribution is 2.18. The number of carbonyl (C=O) groups excluding carboxylic acids is 1. The number of hydrogen-bond acceptors (Lipinski definition) is 4. The molecule has 0 spiro atoms. The number of nitrogens with zero attached hydrogens (tertiary/aromatic N) is 3. The number of rotatable bonds is 8. The quantitative estimate of drug-likeness (QED) is 0.479. The van der Waals surface area contributed by atoms with Gasteiger partial charge in [-0.05, 0) is 36.6 Å². The van der Waals surface area contributed by atoms with Crippen molar-refractivity contribution in [1.82, 2.24) is 14.4 Å². The highest BCUT2D eigenvalue weighted by Gasteiger charge is 2.27. The summed E-state index contributed by atoms with van der Waals surface area (Å²) in [7, 11) is 1.65. The van der Waals surface area contributed by atoms with Crippen LogP contribution >= 0.6 is 0 Å². The van der Waals surface area contributed by atoms with Gasteiger partial charge in [0.1, 0.15) is 11.3 Å². The molecule has 0 saturated carbocycles. The van der Waals surface area contributed by atoms with E-state index >= 15 is 0 Å². The molecule has 1 aliphatic heterocycles. The number of methoxy groups -OCH3 is 1. The minimum Gasteiger partial charge on any atom is -0.497 e. The SMILES string of the molecule is CCc1c(C(=O)N2CCN(CC=Cc3ccccc3)CC2)c(=O)cc(C)n1Cc1ccc(OC)cc1. The van der Waals surface area contributed by atoms with Crippen LogP contribution < -0.4 is 10.2 Å². The molecular weight excluding hydrogens is 450 g/mol. The van der Waals surface area contributed by atoms with Gasteiger partial charge in [-0.3, -0.25) is 14.5 Å². The van der Waals surface area contributed by atoms with Crippen LogP contribution in [0.25, 0.3) is 6.08 Å². The number of hydrogen-bond donors (Lipinski definition) is 0. The molecule has 6 nitrogen and oxygen atoms in total. The topological polar surface area (TPSA) is 54.8 Å². The summed E-state index contributed by atoms with van der Waals surface area (Å²) >= 11 is 0. The fourth-order valence-corrected chi connectivity index (χ4v) is 4.75. The highest BCUT2D eigenvalue weighted by atomic mass is 16.5. The van der Waals surface area contributed by atoms with E-state index in [0.29, 0.717) is 31.6 Å². The van der Waals surface area contributed by atoms with E-state index in [2.05, 4.69) is 33.8 Å². The third kappa shape index (κ3) is 5.94. The molecule has 1 aliphatic rings. The van der Waals surface area contributed by atoms with Crippen LogP contribution in [0, 0.1) is 6.92 Å². The Morgan fingerprint density at radius 2 is 1.69 bits per heavy atom. The molecule has 0 aliphatic carbocycles. The van der Waals surface area contributed by atoms with Crippen LogP contribution in [0.1, 0.15) is 39.8 Å². The second-order valence-corrected chi connectivity index (χ2v) is 9.17. The van der Waals surface area contributed by atoms with Crippen molar-refractivity contribution >= 4 is 12.0 Å². The third-order valence-electron chi connectivity index (χ3n) is 6.81. The summed E-state index contributed by atoms with van der Waals surface area (Å²) in [5, 5.41) is 0. The van der Waals surface area contributed by atoms with Gasteiger partial charge < -0.3 is 14.2 Å². The molecule has 4 rings (SSSR count). The molecule has 0 N–H and O–H groups in total. The van der Waals surface area contributed by atoms with Gasteiger partial charge >= 0.3 is 0 Å². The molecule has 3 aromatic rings. The van der Waals surface area contributed by atoms with Crippen LogP contribution in [-0.4, -0.2) is 60.1 Å². The minimum atomic E-state index is -0.187. The predicted molar refractivity (Wildman–Crippen MR) is 145 cm³/mol. The maximum absolute atomic E-state index is 13.6. The summed E-state index contributed by atoms with van der Waals surface area (Å²) in [6.45, 7) is 8.19. The van der Waals surface area contributed by atoms with Crippen LogP contribution in [-0.2, 0) is 13.0 Å². The lowest BCUT2D eigenvalue weighted by Crippen LogP contribution is -2.49. The van der Waals surface area contributed by atoms with Gasteiger partial charge in [-0.1, -0.05) is 61.5 Å². The molecule has 188 valence electrons. The lowest BCUT2D eigenvalue weighted by molar-refractivity contribution is 0.0646. The molecule has 0 radical (unpaired) electrons. The highest BCUT2D eigenvalue weighted by molar-refractivity contribution is 5.95. The number of aryl methyl sites for hydroxylation is 1. The van der Waals surface area contributed by atoms with E-state index in [1.54, 1.807) is 13.2 Å². The first kappa shape index (κ1) is 25.5. The Hall–Kier alpha value is -3.64. The summed E-state index contributed by atoms with van der Waals surface area (Å²) in [6, 6.07) is 19.7. The second kappa shape index (κ2) is 11.9. The van der Waals surface area contributed by atoms with E-state index in [-0.39, 0.29) is 11.3 Å². The first-order valence-corrected chi connectivity index (χ1v) is 12.6. The van der Waals surface area contributed by atoms with Gasteiger partial charge in [0.15, 0.2) is 5.43 Å². The van der Waals surface area contributed by atoms with Crippen molar-refractivity contribution in [1.29, 1.82) is 0 Å². The molecule has 1 fully saturated rings. The van der Waals surface area contributed by atoms with Gasteiger partial charge in [0.25, 0.3) is 5.91 Å². The smallest absolute Gasteiger partial charge is 0.259 e. The van der Waals surface area contributed by atoms with Gasteiger partial charge in [0, 0.05) is 56.7 Å². The normalized spacial score (nSPS) is 14.4. The van der Waals surface area contributed by atoms with Crippen molar-refractivity contribution in [2.75, 3.05) is 39.8 Å². The number of aromatic nitrogens is 1. The average Bonchev–Trinajstić information content (AvgIpc) is 2.91. The number of ether oxygens (including phenoxy) is 1. The van der Waals surface area contributed by atoms with Crippen LogP contribution in [0.15, 0.2) is 71.5 Å². The molecule has 1 amide bonds. The molecular formula is C30H35N3O3. The molecule has 1 aromatic heterocycles. The van der Waals surface area contributed by atoms with Crippen molar-refractivity contribution in [2.24, 2.45) is 0 Å². The van der Waals surface area contributed by atoms with Crippen LogP contribution in [0.2, 0.25) is 0 Å². The Kier molecular flexibility index (Phi) is 8.39. The molecule has 0 bridgehead atoms. The number of pyridine rings is 1. The van der Waals surface area contributed by atoms with Crippen molar-refractivity contribution in [3.63, 3.8) is 0 Å². The van der Waals surface area contributed by atoms with E-state index in [4.69, 9.17) is 4.74 Å². The van der Waals surface area contributed by atoms with Gasteiger partial charge in [-0.2, -0.15) is 0 Å². The van der Waals surface area contributed by atoms with Gasteiger partial charge in [0.05, 0.1) is 7.11 Å². The Morgan fingerprint density at radius 1 is 1.00 bits per heavy atom. The zero-order chi connectivity index (χ0) is 25.5. The summed E-state index contributed by atoms with van der Waals surface area (Å²) in [5.74, 6) is 0.650. The summed E-state index contributed by atoms with van der Waals surface area (Å²) < 4.78 is 7.36. The minimum absolute atomic E-state index is 0.153. The largest absolute Gasteiger partial charge is 0.497 e. The molecule has 6 heteroatoms. The maximum Gasteiger partial charge on any atom is 0.259 e. The Bertz CT molecular complexity index is 1260. The zero-order valence-corrected chi connectivity index (χ0v) is 21.4. The fraction of sp³-hybridized carbons (Fsp3) is 0.333. The van der Waals surface area contributed by atoms with Crippen molar-refractivity contribution in [2.45, 2.75) is 26.8 Å². The number of benzene rings is 2. The number of amides is 1. The Labute approximate surface area is 213 Å². The number of carbonyl (C=O) groups is 1. The lowest BCUT2D eigenvalue weighted by atomic mass is 10.1. The van der Waals surface area contributed by atoms with E-state index < -0.39 is 0 Å². The summed E-state index contributed by atoms with van der Waals surface area (Å²) in [4.78, 5) is 30.8. The third-order valence-corrected chi connectivity index (χ3v) is 6.81. The van der Waals surface area contributed by atoms with Crippen molar-refractivity contribution in [3.05, 3.63) is 105 Å². The molecule has 36 heavy (non-hydrogen) atoms. The monoisotopic (exact) mass is 485 g/mol. The lowest BCUT2D eigenvalue weighted by Gasteiger charge is -2.34. The van der Waals surface area contributed by atoms with Crippen LogP contribution in [0.3, 0.4) is 0 Å². The van der Waals surface area contributed by atoms with Crippen molar-refractivity contribution < 1.29 is 9.53 Å². The standard InChI is InChI=1S/C30H35N3O3/c1-4-27-29(28(34)21-23(2)33(27)22-25-12-14-26(36-3)15-13-25)30(35)32-19-17-31(18-20-32)16-8-11-24-9-6-5-7-10-24/h5-15,21H,4,16-20,22H2,1-3H3. The summed E-state index contributed by atoms with van der Waals surface area (Å²) in [5.41, 5.74) is 4.06. The Morgan fingerprint density at radius 3 is 2.33 bits per heavy atom. The van der Waals surface area contributed by atoms with Gasteiger partial charge in [-0.15, -0.1) is 0 Å². The van der Waals surface area contributed by atoms with E-state index in [9.17, 15) is 9.59 Å². The first-order valence-electron chi connectivity index (χ1n) is 12.6. The van der Waals surface area contributed by atoms with E-state index in [1.165, 1.54) is 5.56 Å². The molecule has 0 unspecified atom stereocenters. The fourth-order valence-electron chi connectivity index (χ4n) is 4.75. The van der Waals surface area contributed by atoms with Crippen molar-refractivity contribution in [3.8, 4) is 5.75 Å². The maximum atomic E-state index is 13.6. The van der Waals surface area contributed by atoms with Crippen LogP contribution in [0.4, 0.5) is 0 Å². The molecule has 0 atom stereocenters. The van der Waals surface area contributed by atoms with E-state index in [1.807, 2.05) is 61.2 Å². The van der Waals surface area contributed by atoms with Gasteiger partial charge in [-0.25, -0.2) is 0 Å². The van der Waals surface area contributed by atoms with Gasteiger partial charge in [0.2, 0.25) is 0 Å². The molecule has 2 aromatic carbocycles. The Balaban J connectivity index is 1.46.